The molecule has 0 spiro atoms. The summed E-state index contributed by atoms with van der Waals surface area (Å²) in [6, 6.07) is 5.03. The second-order valence-electron chi connectivity index (χ2n) is 5.46. The summed E-state index contributed by atoms with van der Waals surface area (Å²) in [7, 11) is -3.90. The Hall–Kier alpha value is -1.27. The van der Waals surface area contributed by atoms with Crippen molar-refractivity contribution >= 4 is 15.8 Å². The van der Waals surface area contributed by atoms with Gasteiger partial charge in [-0.15, -0.1) is 0 Å². The molecule has 0 aliphatic carbocycles. The first kappa shape index (κ1) is 16.1. The number of nitrogens with zero attached hydrogens (tertiary/aromatic N) is 1. The van der Waals surface area contributed by atoms with Gasteiger partial charge in [-0.1, -0.05) is 25.0 Å². The van der Waals surface area contributed by atoms with Gasteiger partial charge in [-0.05, 0) is 31.9 Å². The summed E-state index contributed by atoms with van der Waals surface area (Å²) in [5.41, 5.74) is 0. The smallest absolute Gasteiger partial charge is 0.246 e. The van der Waals surface area contributed by atoms with Crippen LogP contribution in [-0.4, -0.2) is 31.1 Å². The number of carbonyl (C=O) groups is 1. The topological polar surface area (TPSA) is 54.5 Å². The van der Waals surface area contributed by atoms with Gasteiger partial charge >= 0.3 is 0 Å². The van der Waals surface area contributed by atoms with Crippen molar-refractivity contribution in [1.82, 2.24) is 4.31 Å². The number of ketones is 1. The normalized spacial score (nSPS) is 21.0. The van der Waals surface area contributed by atoms with Crippen molar-refractivity contribution in [3.63, 3.8) is 0 Å². The fourth-order valence-corrected chi connectivity index (χ4v) is 4.54. The maximum absolute atomic E-state index is 13.9. The number of carbonyl (C=O) groups excluding carboxylic acids is 1. The molecule has 1 saturated heterocycles. The molecular weight excluding hydrogens is 293 g/mol. The molecule has 116 valence electrons. The van der Waals surface area contributed by atoms with E-state index in [1.165, 1.54) is 29.4 Å². The molecule has 1 heterocycles. The Morgan fingerprint density at radius 2 is 2.00 bits per heavy atom. The van der Waals surface area contributed by atoms with Crippen LogP contribution in [0.25, 0.3) is 0 Å². The van der Waals surface area contributed by atoms with Crippen molar-refractivity contribution < 1.29 is 17.6 Å². The standard InChI is InChI=1S/C15H20FNO3S/c1-12(18)11-13-7-3-2-6-10-17(13)21(19,20)15-9-5-4-8-14(15)16/h4-5,8-9,13H,2-3,6-7,10-11H2,1H3. The summed E-state index contributed by atoms with van der Waals surface area (Å²) in [6.45, 7) is 1.80. The van der Waals surface area contributed by atoms with E-state index < -0.39 is 15.8 Å². The lowest BCUT2D eigenvalue weighted by Gasteiger charge is -2.28. The highest BCUT2D eigenvalue weighted by Crippen LogP contribution is 2.27. The van der Waals surface area contributed by atoms with Crippen LogP contribution in [0.1, 0.15) is 39.0 Å². The Kier molecular flexibility index (Phi) is 5.11. The number of Topliss-reactive ketones (excluding diaryl/α,β-unsaturated/α-hetero) is 1. The van der Waals surface area contributed by atoms with Crippen LogP contribution in [0.15, 0.2) is 29.2 Å². The Balaban J connectivity index is 2.39. The second-order valence-corrected chi connectivity index (χ2v) is 7.31. The summed E-state index contributed by atoms with van der Waals surface area (Å²) < 4.78 is 40.6. The minimum atomic E-state index is -3.90. The minimum Gasteiger partial charge on any atom is -0.300 e. The molecule has 1 aromatic carbocycles. The van der Waals surface area contributed by atoms with Gasteiger partial charge < -0.3 is 0 Å². The van der Waals surface area contributed by atoms with Gasteiger partial charge in [0.25, 0.3) is 0 Å². The van der Waals surface area contributed by atoms with Crippen LogP contribution in [0.2, 0.25) is 0 Å². The molecule has 1 aliphatic rings. The molecule has 0 aromatic heterocycles. The molecule has 6 heteroatoms. The van der Waals surface area contributed by atoms with E-state index in [0.29, 0.717) is 13.0 Å². The largest absolute Gasteiger partial charge is 0.300 e. The second kappa shape index (κ2) is 6.66. The van der Waals surface area contributed by atoms with Gasteiger partial charge in [-0.25, -0.2) is 12.8 Å². The number of rotatable bonds is 4. The molecule has 1 unspecified atom stereocenters. The van der Waals surface area contributed by atoms with Crippen molar-refractivity contribution in [2.24, 2.45) is 0 Å². The van der Waals surface area contributed by atoms with Crippen LogP contribution in [0.3, 0.4) is 0 Å². The van der Waals surface area contributed by atoms with E-state index in [1.54, 1.807) is 0 Å². The molecule has 4 nitrogen and oxygen atoms in total. The van der Waals surface area contributed by atoms with E-state index in [9.17, 15) is 17.6 Å². The third-order valence-corrected chi connectivity index (χ3v) is 5.75. The SMILES string of the molecule is CC(=O)CC1CCCCCN1S(=O)(=O)c1ccccc1F. The molecule has 1 aliphatic heterocycles. The first-order chi connectivity index (χ1) is 9.93. The Bertz CT molecular complexity index is 615. The number of halogens is 1. The fourth-order valence-electron chi connectivity index (χ4n) is 2.78. The average Bonchev–Trinajstić information content (AvgIpc) is 2.64. The highest BCUT2D eigenvalue weighted by Gasteiger charge is 2.34. The zero-order chi connectivity index (χ0) is 15.5. The molecule has 0 bridgehead atoms. The highest BCUT2D eigenvalue weighted by atomic mass is 32.2. The zero-order valence-electron chi connectivity index (χ0n) is 12.1. The molecule has 0 radical (unpaired) electrons. The summed E-state index contributed by atoms with van der Waals surface area (Å²) >= 11 is 0. The van der Waals surface area contributed by atoms with Gasteiger partial charge in [0, 0.05) is 19.0 Å². The highest BCUT2D eigenvalue weighted by molar-refractivity contribution is 7.89. The monoisotopic (exact) mass is 313 g/mol. The predicted molar refractivity (Wildman–Crippen MR) is 77.8 cm³/mol. The molecule has 0 amide bonds. The third-order valence-electron chi connectivity index (χ3n) is 3.77. The van der Waals surface area contributed by atoms with Gasteiger partial charge in [0.1, 0.15) is 16.5 Å². The van der Waals surface area contributed by atoms with E-state index in [-0.39, 0.29) is 23.1 Å². The lowest BCUT2D eigenvalue weighted by Crippen LogP contribution is -2.41. The zero-order valence-corrected chi connectivity index (χ0v) is 12.9. The summed E-state index contributed by atoms with van der Waals surface area (Å²) in [6.07, 6.45) is 3.39. The van der Waals surface area contributed by atoms with E-state index in [1.807, 2.05) is 0 Å². The first-order valence-electron chi connectivity index (χ1n) is 7.18. The van der Waals surface area contributed by atoms with Crippen molar-refractivity contribution in [3.8, 4) is 0 Å². The molecule has 2 rings (SSSR count). The molecule has 0 N–H and O–H groups in total. The van der Waals surface area contributed by atoms with E-state index in [2.05, 4.69) is 0 Å². The molecule has 21 heavy (non-hydrogen) atoms. The van der Waals surface area contributed by atoms with E-state index in [0.717, 1.165) is 25.3 Å². The minimum absolute atomic E-state index is 0.0457. The van der Waals surface area contributed by atoms with Crippen LogP contribution < -0.4 is 0 Å². The molecule has 1 atom stereocenters. The molecular formula is C15H20FNO3S. The average molecular weight is 313 g/mol. The van der Waals surface area contributed by atoms with E-state index in [4.69, 9.17) is 0 Å². The van der Waals surface area contributed by atoms with Gasteiger partial charge in [0.15, 0.2) is 0 Å². The van der Waals surface area contributed by atoms with Gasteiger partial charge in [0.2, 0.25) is 10.0 Å². The lowest BCUT2D eigenvalue weighted by atomic mass is 10.1. The third kappa shape index (κ3) is 3.68. The summed E-state index contributed by atoms with van der Waals surface area (Å²) in [5, 5.41) is 0. The van der Waals surface area contributed by atoms with Crippen molar-refractivity contribution in [3.05, 3.63) is 30.1 Å². The van der Waals surface area contributed by atoms with Crippen LogP contribution >= 0.6 is 0 Å². The Morgan fingerprint density at radius 1 is 1.29 bits per heavy atom. The molecule has 1 fully saturated rings. The van der Waals surface area contributed by atoms with Crippen LogP contribution in [0, 0.1) is 5.82 Å². The van der Waals surface area contributed by atoms with Crippen LogP contribution in [0.4, 0.5) is 4.39 Å². The lowest BCUT2D eigenvalue weighted by molar-refractivity contribution is -0.117. The fraction of sp³-hybridized carbons (Fsp3) is 0.533. The van der Waals surface area contributed by atoms with E-state index >= 15 is 0 Å². The summed E-state index contributed by atoms with van der Waals surface area (Å²) in [5.74, 6) is -0.793. The van der Waals surface area contributed by atoms with Gasteiger partial charge in [0.05, 0.1) is 0 Å². The number of hydrogen-bond acceptors (Lipinski definition) is 3. The number of benzene rings is 1. The predicted octanol–water partition coefficient (Wildman–Crippen LogP) is 2.74. The van der Waals surface area contributed by atoms with Crippen molar-refractivity contribution in [2.45, 2.75) is 50.0 Å². The van der Waals surface area contributed by atoms with Crippen molar-refractivity contribution in [2.75, 3.05) is 6.54 Å². The maximum Gasteiger partial charge on any atom is 0.246 e. The molecule has 0 saturated carbocycles. The Morgan fingerprint density at radius 3 is 2.67 bits per heavy atom. The van der Waals surface area contributed by atoms with Crippen LogP contribution in [0.5, 0.6) is 0 Å². The van der Waals surface area contributed by atoms with Gasteiger partial charge in [-0.2, -0.15) is 4.31 Å². The number of hydrogen-bond donors (Lipinski definition) is 0. The van der Waals surface area contributed by atoms with Crippen molar-refractivity contribution in [1.29, 1.82) is 0 Å². The number of sulfonamides is 1. The van der Waals surface area contributed by atoms with Crippen LogP contribution in [-0.2, 0) is 14.8 Å². The molecule has 1 aromatic rings. The summed E-state index contributed by atoms with van der Waals surface area (Å²) in [4.78, 5) is 11.1. The quantitative estimate of drug-likeness (QED) is 0.859. The Labute approximate surface area is 125 Å². The first-order valence-corrected chi connectivity index (χ1v) is 8.63. The van der Waals surface area contributed by atoms with Gasteiger partial charge in [-0.3, -0.25) is 4.79 Å². The maximum atomic E-state index is 13.9.